The summed E-state index contributed by atoms with van der Waals surface area (Å²) in [4.78, 5) is 0. The summed E-state index contributed by atoms with van der Waals surface area (Å²) in [6.45, 7) is 17.4. The Morgan fingerprint density at radius 3 is 2.46 bits per heavy atom. The second-order valence-electron chi connectivity index (χ2n) is 15.1. The van der Waals surface area contributed by atoms with Gasteiger partial charge in [0, 0.05) is 12.3 Å². The second-order valence-corrected chi connectivity index (χ2v) is 21.5. The van der Waals surface area contributed by atoms with E-state index < -0.39 is 18.4 Å². The van der Waals surface area contributed by atoms with Gasteiger partial charge in [-0.05, 0) is 101 Å². The lowest BCUT2D eigenvalue weighted by Gasteiger charge is -2.56. The Morgan fingerprint density at radius 1 is 1.10 bits per heavy atom. The Hall–Kier alpha value is -1.74. The van der Waals surface area contributed by atoms with Crippen LogP contribution in [0.5, 0.6) is 0 Å². The van der Waals surface area contributed by atoms with Crippen LogP contribution in [-0.2, 0) is 31.6 Å². The van der Waals surface area contributed by atoms with Gasteiger partial charge in [0.1, 0.15) is 0 Å². The molecule has 6 nitrogen and oxygen atoms in total. The van der Waals surface area contributed by atoms with Crippen LogP contribution in [-0.4, -0.2) is 46.4 Å². The Kier molecular flexibility index (Phi) is 8.06. The van der Waals surface area contributed by atoms with E-state index in [0.717, 1.165) is 38.7 Å². The first-order valence-corrected chi connectivity index (χ1v) is 20.0. The molecule has 0 unspecified atom stereocenters. The fourth-order valence-corrected chi connectivity index (χ4v) is 9.54. The Labute approximate surface area is 249 Å². The van der Waals surface area contributed by atoms with Gasteiger partial charge in [-0.1, -0.05) is 71.0 Å². The third-order valence-electron chi connectivity index (χ3n) is 11.6. The molecule has 41 heavy (non-hydrogen) atoms. The maximum atomic E-state index is 12.3. The van der Waals surface area contributed by atoms with Gasteiger partial charge in [-0.2, -0.15) is 13.5 Å². The zero-order valence-corrected chi connectivity index (χ0v) is 28.1. The molecule has 0 bridgehead atoms. The Morgan fingerprint density at radius 2 is 1.80 bits per heavy atom. The van der Waals surface area contributed by atoms with Gasteiger partial charge >= 0.3 is 0 Å². The number of rotatable bonds is 8. The van der Waals surface area contributed by atoms with Crippen LogP contribution in [0.25, 0.3) is 5.57 Å². The van der Waals surface area contributed by atoms with E-state index in [1.54, 1.807) is 0 Å². The molecule has 1 aromatic heterocycles. The number of hydrogen-bond acceptors (Lipinski definition) is 5. The van der Waals surface area contributed by atoms with E-state index in [2.05, 4.69) is 94.3 Å². The molecular weight excluding hydrogens is 549 g/mol. The molecule has 0 spiro atoms. The predicted octanol–water partition coefficient (Wildman–Crippen LogP) is 7.26. The molecule has 1 aromatic carbocycles. The average Bonchev–Trinajstić information content (AvgIpc) is 3.48. The number of benzene rings is 1. The van der Waals surface area contributed by atoms with E-state index in [9.17, 15) is 8.42 Å². The van der Waals surface area contributed by atoms with Gasteiger partial charge < -0.3 is 4.43 Å². The molecule has 0 aliphatic heterocycles. The summed E-state index contributed by atoms with van der Waals surface area (Å²) in [5.41, 5.74) is 5.14. The maximum Gasteiger partial charge on any atom is 0.264 e. The molecule has 6 atom stereocenters. The Balaban J connectivity index is 1.51. The summed E-state index contributed by atoms with van der Waals surface area (Å²) >= 11 is 0. The number of aromatic nitrogens is 2. The molecule has 1 heterocycles. The summed E-state index contributed by atoms with van der Waals surface area (Å²) < 4.78 is 37.3. The largest absolute Gasteiger partial charge is 0.417 e. The summed E-state index contributed by atoms with van der Waals surface area (Å²) in [6, 6.07) is 10.7. The van der Waals surface area contributed by atoms with Crippen molar-refractivity contribution in [2.45, 2.75) is 84.9 Å². The molecule has 3 aliphatic carbocycles. The number of allylic oxidation sites excluding steroid dienone is 2. The molecule has 5 rings (SSSR count). The SMILES string of the molecule is CC(C)(C)[Si](C)(C)OC[C@H]1Cc2[nH]ncc2C[C@]1(C)[C@H]1CC[C@]2(C)C(c3ccccc3)=CC[C@H]2[C@@H]1COS(C)(=O)=O. The lowest BCUT2D eigenvalue weighted by molar-refractivity contribution is -0.0662. The van der Waals surface area contributed by atoms with E-state index >= 15 is 0 Å². The van der Waals surface area contributed by atoms with E-state index in [1.165, 1.54) is 28.6 Å². The van der Waals surface area contributed by atoms with Crippen molar-refractivity contribution in [1.82, 2.24) is 10.2 Å². The normalized spacial score (nSPS) is 32.3. The summed E-state index contributed by atoms with van der Waals surface area (Å²) in [5.74, 6) is 1.06. The standard InChI is InChI=1S/C33H50N2O4SSi/c1-31(2,3)41(7,8)39-21-25-18-30-24(20-34-35-30)19-33(25,5)29-16-17-32(4)27(23-12-10-9-11-13-23)14-15-28(32)26(29)22-38-40(6,36)37/h9-14,20,25-26,28-29H,15-19,21-22H2,1-8H3,(H,34,35)/t25-,26+,28+,29+,32-,33+/m1/s1. The van der Waals surface area contributed by atoms with E-state index in [0.29, 0.717) is 17.8 Å². The van der Waals surface area contributed by atoms with Crippen LogP contribution in [0.2, 0.25) is 18.1 Å². The third kappa shape index (κ3) is 5.78. The lowest BCUT2D eigenvalue weighted by Crippen LogP contribution is -2.54. The van der Waals surface area contributed by atoms with Crippen LogP contribution in [0.4, 0.5) is 0 Å². The van der Waals surface area contributed by atoms with Crippen molar-refractivity contribution in [2.24, 2.45) is 34.5 Å². The fourth-order valence-electron chi connectivity index (χ4n) is 8.08. The fraction of sp³-hybridized carbons (Fsp3) is 0.667. The van der Waals surface area contributed by atoms with E-state index in [4.69, 9.17) is 8.61 Å². The highest BCUT2D eigenvalue weighted by molar-refractivity contribution is 7.85. The van der Waals surface area contributed by atoms with Crippen molar-refractivity contribution < 1.29 is 17.0 Å². The second kappa shape index (κ2) is 10.8. The summed E-state index contributed by atoms with van der Waals surface area (Å²) in [6.07, 6.45) is 10.5. The molecular formula is C33H50N2O4SSi. The number of nitrogens with one attached hydrogen (secondary N) is 1. The van der Waals surface area contributed by atoms with Crippen LogP contribution in [0.15, 0.2) is 42.6 Å². The minimum Gasteiger partial charge on any atom is -0.417 e. The molecule has 1 saturated carbocycles. The van der Waals surface area contributed by atoms with Crippen molar-refractivity contribution >= 4 is 24.0 Å². The molecule has 0 amide bonds. The third-order valence-corrected chi connectivity index (χ3v) is 16.7. The van der Waals surface area contributed by atoms with Gasteiger partial charge in [0.2, 0.25) is 0 Å². The molecule has 3 aliphatic rings. The van der Waals surface area contributed by atoms with Crippen LogP contribution < -0.4 is 0 Å². The molecule has 226 valence electrons. The number of hydrogen-bond donors (Lipinski definition) is 1. The number of H-pyrrole nitrogens is 1. The Bertz CT molecular complexity index is 1380. The number of nitrogens with zero attached hydrogens (tertiary/aromatic N) is 1. The summed E-state index contributed by atoms with van der Waals surface area (Å²) in [7, 11) is -5.51. The van der Waals surface area contributed by atoms with Crippen molar-refractivity contribution in [1.29, 1.82) is 0 Å². The smallest absolute Gasteiger partial charge is 0.264 e. The van der Waals surface area contributed by atoms with Crippen LogP contribution in [0.3, 0.4) is 0 Å². The number of aromatic amines is 1. The van der Waals surface area contributed by atoms with Crippen molar-refractivity contribution in [3.8, 4) is 0 Å². The average molecular weight is 599 g/mol. The highest BCUT2D eigenvalue weighted by Crippen LogP contribution is 2.63. The minimum absolute atomic E-state index is 0.0116. The zero-order chi connectivity index (χ0) is 29.8. The first-order valence-electron chi connectivity index (χ1n) is 15.3. The van der Waals surface area contributed by atoms with Crippen LogP contribution in [0, 0.1) is 34.5 Å². The first-order chi connectivity index (χ1) is 19.1. The van der Waals surface area contributed by atoms with E-state index in [1.807, 2.05) is 6.20 Å². The van der Waals surface area contributed by atoms with Crippen LogP contribution >= 0.6 is 0 Å². The van der Waals surface area contributed by atoms with Crippen molar-refractivity contribution in [3.05, 3.63) is 59.4 Å². The van der Waals surface area contributed by atoms with Gasteiger partial charge in [0.25, 0.3) is 10.1 Å². The lowest BCUT2D eigenvalue weighted by atomic mass is 9.49. The van der Waals surface area contributed by atoms with Gasteiger partial charge in [-0.15, -0.1) is 0 Å². The predicted molar refractivity (Wildman–Crippen MR) is 168 cm³/mol. The highest BCUT2D eigenvalue weighted by atomic mass is 32.2. The van der Waals surface area contributed by atoms with Gasteiger partial charge in [0.15, 0.2) is 8.32 Å². The van der Waals surface area contributed by atoms with Crippen molar-refractivity contribution in [2.75, 3.05) is 19.5 Å². The highest BCUT2D eigenvalue weighted by Gasteiger charge is 2.57. The molecule has 1 N–H and O–H groups in total. The number of fused-ring (bicyclic) bond motifs is 2. The topological polar surface area (TPSA) is 81.3 Å². The van der Waals surface area contributed by atoms with Gasteiger partial charge in [-0.3, -0.25) is 9.28 Å². The first kappa shape index (κ1) is 30.7. The molecule has 8 heteroatoms. The maximum absolute atomic E-state index is 12.3. The van der Waals surface area contributed by atoms with Gasteiger partial charge in [0.05, 0.1) is 19.1 Å². The zero-order valence-electron chi connectivity index (χ0n) is 26.3. The van der Waals surface area contributed by atoms with Crippen molar-refractivity contribution in [3.63, 3.8) is 0 Å². The monoisotopic (exact) mass is 598 g/mol. The quantitative estimate of drug-likeness (QED) is 0.255. The molecule has 2 aromatic rings. The minimum atomic E-state index is -3.56. The van der Waals surface area contributed by atoms with E-state index in [-0.39, 0.29) is 28.4 Å². The molecule has 0 saturated heterocycles. The molecule has 1 fully saturated rings. The van der Waals surface area contributed by atoms with Crippen LogP contribution in [0.1, 0.15) is 70.7 Å². The van der Waals surface area contributed by atoms with Gasteiger partial charge in [-0.25, -0.2) is 0 Å². The molecule has 0 radical (unpaired) electrons. The summed E-state index contributed by atoms with van der Waals surface area (Å²) in [5, 5.41) is 7.83.